The third kappa shape index (κ3) is 4.87. The van der Waals surface area contributed by atoms with E-state index in [4.69, 9.17) is 4.74 Å². The highest BCUT2D eigenvalue weighted by atomic mass is 32.2. The number of rotatable bonds is 7. The number of benzene rings is 2. The molecule has 2 aromatic rings. The zero-order valence-corrected chi connectivity index (χ0v) is 16.9. The summed E-state index contributed by atoms with van der Waals surface area (Å²) in [6, 6.07) is 13.5. The highest BCUT2D eigenvalue weighted by Crippen LogP contribution is 2.19. The van der Waals surface area contributed by atoms with Gasteiger partial charge >= 0.3 is 5.97 Å². The van der Waals surface area contributed by atoms with Crippen molar-refractivity contribution in [2.24, 2.45) is 0 Å². The number of thioether (sulfide) groups is 1. The Balaban J connectivity index is 2.12. The minimum absolute atomic E-state index is 0.0764. The molecule has 0 aliphatic rings. The highest BCUT2D eigenvalue weighted by molar-refractivity contribution is 7.98. The van der Waals surface area contributed by atoms with Crippen LogP contribution >= 0.6 is 11.8 Å². The van der Waals surface area contributed by atoms with Crippen LogP contribution in [0.25, 0.3) is 0 Å². The van der Waals surface area contributed by atoms with E-state index in [0.717, 1.165) is 10.5 Å². The van der Waals surface area contributed by atoms with Gasteiger partial charge in [0.25, 0.3) is 0 Å². The maximum atomic E-state index is 12.6. The van der Waals surface area contributed by atoms with Crippen LogP contribution in [0.5, 0.6) is 0 Å². The van der Waals surface area contributed by atoms with Crippen molar-refractivity contribution in [1.82, 2.24) is 4.31 Å². The minimum atomic E-state index is -3.65. The first-order chi connectivity index (χ1) is 12.3. The predicted molar refractivity (Wildman–Crippen MR) is 104 cm³/mol. The molecule has 0 radical (unpaired) electrons. The molecule has 0 bridgehead atoms. The lowest BCUT2D eigenvalue weighted by molar-refractivity contribution is 0.0472. The molecule has 0 unspecified atom stereocenters. The first-order valence-corrected chi connectivity index (χ1v) is 10.8. The van der Waals surface area contributed by atoms with Gasteiger partial charge in [0.2, 0.25) is 10.0 Å². The van der Waals surface area contributed by atoms with Crippen LogP contribution < -0.4 is 0 Å². The molecule has 0 aromatic heterocycles. The van der Waals surface area contributed by atoms with E-state index in [2.05, 4.69) is 0 Å². The van der Waals surface area contributed by atoms with Gasteiger partial charge in [0.05, 0.1) is 10.5 Å². The van der Waals surface area contributed by atoms with E-state index in [0.29, 0.717) is 0 Å². The summed E-state index contributed by atoms with van der Waals surface area (Å²) < 4.78 is 31.7. The van der Waals surface area contributed by atoms with Crippen molar-refractivity contribution in [1.29, 1.82) is 0 Å². The fourth-order valence-electron chi connectivity index (χ4n) is 2.18. The van der Waals surface area contributed by atoms with Crippen LogP contribution in [-0.2, 0) is 21.4 Å². The Morgan fingerprint density at radius 3 is 2.38 bits per heavy atom. The number of esters is 1. The molecule has 140 valence electrons. The van der Waals surface area contributed by atoms with Crippen molar-refractivity contribution in [3.63, 3.8) is 0 Å². The summed E-state index contributed by atoms with van der Waals surface area (Å²) in [7, 11) is -2.13. The quantitative estimate of drug-likeness (QED) is 0.529. The average molecular weight is 394 g/mol. The van der Waals surface area contributed by atoms with Crippen LogP contribution in [0.3, 0.4) is 0 Å². The van der Waals surface area contributed by atoms with Crippen molar-refractivity contribution in [2.45, 2.75) is 36.3 Å². The maximum absolute atomic E-state index is 12.6. The molecule has 0 saturated heterocycles. The van der Waals surface area contributed by atoms with Gasteiger partial charge in [-0.1, -0.05) is 18.2 Å². The monoisotopic (exact) mass is 393 g/mol. The van der Waals surface area contributed by atoms with Gasteiger partial charge in [0.15, 0.2) is 0 Å². The van der Waals surface area contributed by atoms with Crippen molar-refractivity contribution < 1.29 is 17.9 Å². The zero-order valence-electron chi connectivity index (χ0n) is 15.3. The second kappa shape index (κ2) is 8.70. The van der Waals surface area contributed by atoms with Crippen LogP contribution in [0.4, 0.5) is 0 Å². The lowest BCUT2D eigenvalue weighted by atomic mass is 10.2. The largest absolute Gasteiger partial charge is 0.457 e. The molecule has 2 aromatic carbocycles. The van der Waals surface area contributed by atoms with E-state index >= 15 is 0 Å². The van der Waals surface area contributed by atoms with E-state index in [-0.39, 0.29) is 23.1 Å². The summed E-state index contributed by atoms with van der Waals surface area (Å²) >= 11 is 1.64. The Morgan fingerprint density at radius 2 is 1.81 bits per heavy atom. The molecule has 0 saturated carbocycles. The first-order valence-electron chi connectivity index (χ1n) is 8.14. The fraction of sp³-hybridized carbons (Fsp3) is 0.316. The summed E-state index contributed by atoms with van der Waals surface area (Å²) in [5.41, 5.74) is 1.09. The molecule has 0 spiro atoms. The summed E-state index contributed by atoms with van der Waals surface area (Å²) in [4.78, 5) is 13.5. The van der Waals surface area contributed by atoms with Gasteiger partial charge < -0.3 is 4.74 Å². The third-order valence-corrected chi connectivity index (χ3v) is 6.78. The summed E-state index contributed by atoms with van der Waals surface area (Å²) in [5.74, 6) is -0.553. The zero-order chi connectivity index (χ0) is 19.3. The Labute approximate surface area is 159 Å². The van der Waals surface area contributed by atoms with Crippen molar-refractivity contribution in [3.05, 3.63) is 59.7 Å². The molecule has 0 aliphatic heterocycles. The number of hydrogen-bond donors (Lipinski definition) is 0. The van der Waals surface area contributed by atoms with Gasteiger partial charge in [-0.2, -0.15) is 4.31 Å². The Hall–Kier alpha value is -1.83. The number of ether oxygens (including phenoxy) is 1. The van der Waals surface area contributed by atoms with Crippen molar-refractivity contribution in [3.8, 4) is 0 Å². The Bertz CT molecular complexity index is 861. The average Bonchev–Trinajstić information content (AvgIpc) is 2.65. The summed E-state index contributed by atoms with van der Waals surface area (Å²) in [6.07, 6.45) is 1.99. The predicted octanol–water partition coefficient (Wildman–Crippen LogP) is 3.79. The van der Waals surface area contributed by atoms with Gasteiger partial charge in [0.1, 0.15) is 6.61 Å². The van der Waals surface area contributed by atoms with Crippen molar-refractivity contribution >= 4 is 27.8 Å². The highest BCUT2D eigenvalue weighted by Gasteiger charge is 2.24. The normalized spacial score (nSPS) is 11.8. The number of sulfonamides is 1. The first kappa shape index (κ1) is 20.5. The number of hydrogen-bond acceptors (Lipinski definition) is 5. The van der Waals surface area contributed by atoms with E-state index in [1.807, 2.05) is 30.5 Å². The second-order valence-electron chi connectivity index (χ2n) is 6.07. The molecule has 0 heterocycles. The molecule has 26 heavy (non-hydrogen) atoms. The van der Waals surface area contributed by atoms with Crippen LogP contribution in [0, 0.1) is 0 Å². The van der Waals surface area contributed by atoms with Crippen LogP contribution in [-0.4, -0.2) is 38.0 Å². The molecule has 7 heteroatoms. The molecule has 0 fully saturated rings. The SMILES string of the molecule is CSc1ccc(COC(=O)c2cccc(S(=O)(=O)N(C)C(C)C)c2)cc1. The summed E-state index contributed by atoms with van der Waals surface area (Å²) in [6.45, 7) is 3.71. The van der Waals surface area contributed by atoms with Crippen LogP contribution in [0.15, 0.2) is 58.3 Å². The lowest BCUT2D eigenvalue weighted by Crippen LogP contribution is -2.33. The minimum Gasteiger partial charge on any atom is -0.457 e. The molecular weight excluding hydrogens is 370 g/mol. The van der Waals surface area contributed by atoms with Gasteiger partial charge in [-0.25, -0.2) is 13.2 Å². The molecule has 0 amide bonds. The van der Waals surface area contributed by atoms with Gasteiger partial charge in [-0.15, -0.1) is 11.8 Å². The lowest BCUT2D eigenvalue weighted by Gasteiger charge is -2.21. The van der Waals surface area contributed by atoms with E-state index in [9.17, 15) is 13.2 Å². The van der Waals surface area contributed by atoms with Crippen LogP contribution in [0.2, 0.25) is 0 Å². The van der Waals surface area contributed by atoms with Gasteiger partial charge in [-0.05, 0) is 56.0 Å². The standard InChI is InChI=1S/C19H23NO4S2/c1-14(2)20(3)26(22,23)18-7-5-6-16(12-18)19(21)24-13-15-8-10-17(25-4)11-9-15/h5-12,14H,13H2,1-4H3. The molecule has 2 rings (SSSR count). The number of carbonyl (C=O) groups excluding carboxylic acids is 1. The number of carbonyl (C=O) groups is 1. The number of nitrogens with zero attached hydrogens (tertiary/aromatic N) is 1. The van der Waals surface area contributed by atoms with Gasteiger partial charge in [-0.3, -0.25) is 0 Å². The summed E-state index contributed by atoms with van der Waals surface area (Å²) in [5, 5.41) is 0. The molecular formula is C19H23NO4S2. The van der Waals surface area contributed by atoms with E-state index in [1.54, 1.807) is 37.7 Å². The van der Waals surface area contributed by atoms with Crippen LogP contribution in [0.1, 0.15) is 29.8 Å². The molecule has 5 nitrogen and oxygen atoms in total. The maximum Gasteiger partial charge on any atom is 0.338 e. The van der Waals surface area contributed by atoms with E-state index in [1.165, 1.54) is 23.5 Å². The Morgan fingerprint density at radius 1 is 1.15 bits per heavy atom. The Kier molecular flexibility index (Phi) is 6.86. The van der Waals surface area contributed by atoms with Crippen molar-refractivity contribution in [2.75, 3.05) is 13.3 Å². The topological polar surface area (TPSA) is 63.7 Å². The molecule has 0 N–H and O–H groups in total. The van der Waals surface area contributed by atoms with Gasteiger partial charge in [0, 0.05) is 18.0 Å². The van der Waals surface area contributed by atoms with E-state index < -0.39 is 16.0 Å². The molecule has 0 aliphatic carbocycles. The fourth-order valence-corrected chi connectivity index (χ4v) is 4.00. The third-order valence-electron chi connectivity index (χ3n) is 4.00. The second-order valence-corrected chi connectivity index (χ2v) is 8.94. The smallest absolute Gasteiger partial charge is 0.338 e. The molecule has 0 atom stereocenters.